The van der Waals surface area contributed by atoms with Crippen LogP contribution in [0.1, 0.15) is 37.9 Å². The minimum absolute atomic E-state index is 0.0733. The number of piperazine rings is 1. The van der Waals surface area contributed by atoms with E-state index in [9.17, 15) is 4.79 Å². The summed E-state index contributed by atoms with van der Waals surface area (Å²) in [6, 6.07) is 2.44. The monoisotopic (exact) mass is 442 g/mol. The van der Waals surface area contributed by atoms with Crippen molar-refractivity contribution < 1.29 is 4.79 Å². The van der Waals surface area contributed by atoms with Crippen LogP contribution in [0.15, 0.2) is 65.8 Å². The summed E-state index contributed by atoms with van der Waals surface area (Å²) in [4.78, 5) is 22.2. The number of carbonyl (C=O) groups excluding carboxylic acids is 1. The maximum absolute atomic E-state index is 13.4. The van der Waals surface area contributed by atoms with Crippen molar-refractivity contribution in [3.63, 3.8) is 0 Å². The van der Waals surface area contributed by atoms with Crippen LogP contribution in [0, 0.1) is 6.92 Å². The Kier molecular flexibility index (Phi) is 5.50. The van der Waals surface area contributed by atoms with Crippen molar-refractivity contribution in [2.24, 2.45) is 0 Å². The molecule has 0 saturated carbocycles. The van der Waals surface area contributed by atoms with E-state index >= 15 is 0 Å². The summed E-state index contributed by atoms with van der Waals surface area (Å²) in [5, 5.41) is 8.23. The first-order chi connectivity index (χ1) is 15.9. The molecular formula is C26H30N6O. The number of rotatable bonds is 3. The second-order valence-corrected chi connectivity index (χ2v) is 8.94. The van der Waals surface area contributed by atoms with Crippen molar-refractivity contribution in [2.45, 2.75) is 40.2 Å². The summed E-state index contributed by atoms with van der Waals surface area (Å²) < 4.78 is 1.87. The summed E-state index contributed by atoms with van der Waals surface area (Å²) in [5.41, 5.74) is 7.52. The largest absolute Gasteiger partial charge is 0.368 e. The van der Waals surface area contributed by atoms with Gasteiger partial charge < -0.3 is 10.2 Å². The number of carbonyl (C=O) groups is 1. The summed E-state index contributed by atoms with van der Waals surface area (Å²) in [5.74, 6) is -0.0733. The SMILES string of the molecule is CCc1nc(C)cn2nc(C3=CC(=O)N4C=C(N5CCN[C@H](C)C5)C=C(C)/C4=C\C=C3)cc12. The second kappa shape index (κ2) is 8.48. The standard InChI is InChI=1S/C26H30N6O/c1-5-22-25-13-23(29-32(25)15-19(4)28-22)20-7-6-8-24-17(2)11-21(16-31(24)26(33)12-20)30-10-9-27-18(3)14-30/h6-8,11-13,15-16,18,27H,5,9-10,14H2,1-4H3/b7-6?,20-12?,24-8+/t18-/m1/s1. The Morgan fingerprint density at radius 1 is 1.24 bits per heavy atom. The molecule has 3 aliphatic rings. The minimum atomic E-state index is -0.0733. The van der Waals surface area contributed by atoms with E-state index in [1.165, 1.54) is 0 Å². The molecule has 0 aromatic carbocycles. The van der Waals surface area contributed by atoms with Gasteiger partial charge in [-0.2, -0.15) is 5.10 Å². The first kappa shape index (κ1) is 21.4. The van der Waals surface area contributed by atoms with E-state index in [2.05, 4.69) is 42.0 Å². The molecule has 7 heteroatoms. The highest BCUT2D eigenvalue weighted by atomic mass is 16.2. The Morgan fingerprint density at radius 3 is 2.88 bits per heavy atom. The molecule has 33 heavy (non-hydrogen) atoms. The van der Waals surface area contributed by atoms with Crippen LogP contribution in [0.5, 0.6) is 0 Å². The van der Waals surface area contributed by atoms with Gasteiger partial charge in [-0.1, -0.05) is 19.1 Å². The molecule has 0 unspecified atom stereocenters. The lowest BCUT2D eigenvalue weighted by Crippen LogP contribution is -2.49. The second-order valence-electron chi connectivity index (χ2n) is 8.94. The lowest BCUT2D eigenvalue weighted by Gasteiger charge is -2.37. The summed E-state index contributed by atoms with van der Waals surface area (Å²) in [6.45, 7) is 11.1. The average Bonchev–Trinajstić information content (AvgIpc) is 3.20. The number of aromatic nitrogens is 3. The zero-order valence-corrected chi connectivity index (χ0v) is 19.7. The van der Waals surface area contributed by atoms with Crippen molar-refractivity contribution in [2.75, 3.05) is 19.6 Å². The van der Waals surface area contributed by atoms with E-state index < -0.39 is 0 Å². The Balaban J connectivity index is 1.52. The number of nitrogens with zero attached hydrogens (tertiary/aromatic N) is 5. The quantitative estimate of drug-likeness (QED) is 0.790. The van der Waals surface area contributed by atoms with Crippen LogP contribution in [0.4, 0.5) is 0 Å². The van der Waals surface area contributed by atoms with E-state index in [4.69, 9.17) is 5.10 Å². The molecular weight excluding hydrogens is 412 g/mol. The van der Waals surface area contributed by atoms with Gasteiger partial charge in [-0.15, -0.1) is 0 Å². The molecule has 2 aromatic heterocycles. The first-order valence-electron chi connectivity index (χ1n) is 11.6. The number of allylic oxidation sites excluding steroid dienone is 6. The normalized spacial score (nSPS) is 22.8. The van der Waals surface area contributed by atoms with Gasteiger partial charge in [0.05, 0.1) is 40.2 Å². The van der Waals surface area contributed by atoms with Gasteiger partial charge in [0.1, 0.15) is 0 Å². The van der Waals surface area contributed by atoms with Crippen LogP contribution >= 0.6 is 0 Å². The summed E-state index contributed by atoms with van der Waals surface area (Å²) in [7, 11) is 0. The third-order valence-electron chi connectivity index (χ3n) is 6.35. The predicted octanol–water partition coefficient (Wildman–Crippen LogP) is 3.36. The highest BCUT2D eigenvalue weighted by molar-refractivity contribution is 5.99. The van der Waals surface area contributed by atoms with Crippen LogP contribution in [-0.4, -0.2) is 56.0 Å². The average molecular weight is 443 g/mol. The van der Waals surface area contributed by atoms with E-state index in [-0.39, 0.29) is 5.91 Å². The molecule has 1 N–H and O–H groups in total. The number of hydrogen-bond donors (Lipinski definition) is 1. The van der Waals surface area contributed by atoms with E-state index in [1.54, 1.807) is 11.0 Å². The summed E-state index contributed by atoms with van der Waals surface area (Å²) in [6.07, 6.45) is 14.5. The van der Waals surface area contributed by atoms with Gasteiger partial charge in [0, 0.05) is 43.5 Å². The Morgan fingerprint density at radius 2 is 2.09 bits per heavy atom. The molecule has 1 amide bonds. The van der Waals surface area contributed by atoms with Gasteiger partial charge in [-0.05, 0) is 51.0 Å². The van der Waals surface area contributed by atoms with E-state index in [1.807, 2.05) is 48.1 Å². The van der Waals surface area contributed by atoms with E-state index in [0.29, 0.717) is 6.04 Å². The van der Waals surface area contributed by atoms with Gasteiger partial charge in [-0.3, -0.25) is 14.7 Å². The van der Waals surface area contributed by atoms with E-state index in [0.717, 1.165) is 71.2 Å². The molecule has 5 heterocycles. The van der Waals surface area contributed by atoms with Crippen molar-refractivity contribution >= 4 is 17.0 Å². The van der Waals surface area contributed by atoms with Gasteiger partial charge in [-0.25, -0.2) is 4.52 Å². The van der Waals surface area contributed by atoms with Crippen LogP contribution in [0.2, 0.25) is 0 Å². The van der Waals surface area contributed by atoms with Crippen molar-refractivity contribution in [1.29, 1.82) is 0 Å². The highest BCUT2D eigenvalue weighted by Crippen LogP contribution is 2.29. The molecule has 2 aromatic rings. The van der Waals surface area contributed by atoms with Gasteiger partial charge in [0.2, 0.25) is 0 Å². The maximum Gasteiger partial charge on any atom is 0.255 e. The molecule has 170 valence electrons. The number of hydrogen-bond acceptors (Lipinski definition) is 5. The first-order valence-corrected chi connectivity index (χ1v) is 11.6. The molecule has 0 spiro atoms. The van der Waals surface area contributed by atoms with Crippen LogP contribution in [-0.2, 0) is 11.2 Å². The fourth-order valence-electron chi connectivity index (χ4n) is 4.70. The van der Waals surface area contributed by atoms with Gasteiger partial charge >= 0.3 is 0 Å². The van der Waals surface area contributed by atoms with Crippen LogP contribution in [0.3, 0.4) is 0 Å². The van der Waals surface area contributed by atoms with Gasteiger partial charge in [0.25, 0.3) is 5.91 Å². The number of amides is 1. The fourth-order valence-corrected chi connectivity index (χ4v) is 4.70. The molecule has 1 atom stereocenters. The Bertz CT molecular complexity index is 1280. The Labute approximate surface area is 194 Å². The minimum Gasteiger partial charge on any atom is -0.368 e. The zero-order chi connectivity index (χ0) is 23.1. The molecule has 3 aliphatic heterocycles. The molecule has 0 aliphatic carbocycles. The van der Waals surface area contributed by atoms with Crippen LogP contribution in [0.25, 0.3) is 11.1 Å². The molecule has 1 fully saturated rings. The summed E-state index contributed by atoms with van der Waals surface area (Å²) >= 11 is 0. The van der Waals surface area contributed by atoms with Crippen molar-refractivity contribution in [1.82, 2.24) is 29.7 Å². The third-order valence-corrected chi connectivity index (χ3v) is 6.35. The number of fused-ring (bicyclic) bond motifs is 2. The smallest absolute Gasteiger partial charge is 0.255 e. The zero-order valence-electron chi connectivity index (χ0n) is 19.7. The van der Waals surface area contributed by atoms with Crippen molar-refractivity contribution in [3.8, 4) is 0 Å². The fraction of sp³-hybridized carbons (Fsp3) is 0.346. The lowest BCUT2D eigenvalue weighted by atomic mass is 10.0. The number of nitrogens with one attached hydrogen (secondary N) is 1. The number of aryl methyl sites for hydroxylation is 2. The topological polar surface area (TPSA) is 65.8 Å². The highest BCUT2D eigenvalue weighted by Gasteiger charge is 2.26. The molecule has 0 radical (unpaired) electrons. The molecule has 0 bridgehead atoms. The molecule has 7 nitrogen and oxygen atoms in total. The lowest BCUT2D eigenvalue weighted by molar-refractivity contribution is -0.122. The third kappa shape index (κ3) is 4.04. The maximum atomic E-state index is 13.4. The Hall–Kier alpha value is -3.45. The molecule has 1 saturated heterocycles. The van der Waals surface area contributed by atoms with Gasteiger partial charge in [0.15, 0.2) is 0 Å². The van der Waals surface area contributed by atoms with Crippen LogP contribution < -0.4 is 5.32 Å². The van der Waals surface area contributed by atoms with Crippen molar-refractivity contribution in [3.05, 3.63) is 82.9 Å². The predicted molar refractivity (Wildman–Crippen MR) is 130 cm³/mol. The molecule has 5 rings (SSSR count).